The van der Waals surface area contributed by atoms with Crippen LogP contribution in [0.2, 0.25) is 0 Å². The smallest absolute Gasteiger partial charge is 0.314 e. The van der Waals surface area contributed by atoms with Crippen LogP contribution in [0.15, 0.2) is 53.4 Å². The van der Waals surface area contributed by atoms with E-state index in [2.05, 4.69) is 18.9 Å². The maximum absolute atomic E-state index is 12.6. The second-order valence-corrected chi connectivity index (χ2v) is 11.8. The highest BCUT2D eigenvalue weighted by Gasteiger charge is 2.32. The van der Waals surface area contributed by atoms with Crippen LogP contribution in [-0.2, 0) is 15.3 Å². The van der Waals surface area contributed by atoms with Gasteiger partial charge in [-0.25, -0.2) is 0 Å². The quantitative estimate of drug-likeness (QED) is 0.108. The van der Waals surface area contributed by atoms with Gasteiger partial charge in [-0.2, -0.15) is 36.2 Å². The monoisotopic (exact) mass is 536 g/mol. The van der Waals surface area contributed by atoms with E-state index in [-0.39, 0.29) is 23.8 Å². The molecular formula is C26H32O4S4. The van der Waals surface area contributed by atoms with E-state index in [1.807, 2.05) is 72.1 Å². The van der Waals surface area contributed by atoms with Gasteiger partial charge in [-0.05, 0) is 79.7 Å². The zero-order valence-corrected chi connectivity index (χ0v) is 22.8. The minimum Gasteiger partial charge on any atom is -0.426 e. The number of benzene rings is 2. The predicted molar refractivity (Wildman–Crippen MR) is 149 cm³/mol. The normalized spacial score (nSPS) is 17.8. The third-order valence-electron chi connectivity index (χ3n) is 5.64. The molecule has 34 heavy (non-hydrogen) atoms. The Balaban J connectivity index is 1.40. The lowest BCUT2D eigenvalue weighted by atomic mass is 9.82. The summed E-state index contributed by atoms with van der Waals surface area (Å²) in [5.41, 5.74) is 1.20. The van der Waals surface area contributed by atoms with Gasteiger partial charge in [-0.1, -0.05) is 12.1 Å². The number of esters is 2. The largest absolute Gasteiger partial charge is 0.426 e. The summed E-state index contributed by atoms with van der Waals surface area (Å²) < 4.78 is 11.2. The molecule has 8 heteroatoms. The Morgan fingerprint density at radius 2 is 1.35 bits per heavy atom. The molecule has 1 saturated carbocycles. The summed E-state index contributed by atoms with van der Waals surface area (Å²) in [5, 5.41) is 0. The molecule has 0 bridgehead atoms. The van der Waals surface area contributed by atoms with Crippen molar-refractivity contribution in [1.82, 2.24) is 0 Å². The molecule has 4 nitrogen and oxygen atoms in total. The van der Waals surface area contributed by atoms with E-state index < -0.39 is 0 Å². The van der Waals surface area contributed by atoms with Crippen LogP contribution in [0.5, 0.6) is 11.5 Å². The second kappa shape index (κ2) is 15.0. The standard InChI is InChI=1S/C26H32O4S4/c1-32-16-17-34-24-12-10-23(11-13-24)30-26(28)21-6-4-20(5-7-21)25(27)29-22-8-2-19(3-9-22)18-33-15-14-31/h2-3,8-13,20-21,31H,4-7,14-18H2,1H3. The van der Waals surface area contributed by atoms with Gasteiger partial charge < -0.3 is 9.47 Å². The van der Waals surface area contributed by atoms with E-state index in [1.54, 1.807) is 11.8 Å². The minimum absolute atomic E-state index is 0.172. The van der Waals surface area contributed by atoms with Gasteiger partial charge >= 0.3 is 11.9 Å². The molecule has 0 amide bonds. The Morgan fingerprint density at radius 3 is 1.85 bits per heavy atom. The van der Waals surface area contributed by atoms with Gasteiger partial charge in [0.2, 0.25) is 0 Å². The van der Waals surface area contributed by atoms with E-state index in [0.29, 0.717) is 37.2 Å². The molecule has 0 spiro atoms. The third-order valence-corrected chi connectivity index (χ3v) is 9.08. The SMILES string of the molecule is CSCCSc1ccc(OC(=O)C2CCC(C(=O)Oc3ccc(CSCCS)cc3)CC2)cc1. The maximum atomic E-state index is 12.6. The molecule has 1 fully saturated rings. The van der Waals surface area contributed by atoms with Crippen LogP contribution < -0.4 is 9.47 Å². The summed E-state index contributed by atoms with van der Waals surface area (Å²) in [5.74, 6) is 5.37. The molecule has 0 N–H and O–H groups in total. The Labute approximate surface area is 221 Å². The molecule has 0 heterocycles. The molecule has 0 unspecified atom stereocenters. The van der Waals surface area contributed by atoms with E-state index in [0.717, 1.165) is 28.8 Å². The van der Waals surface area contributed by atoms with Gasteiger partial charge in [0.15, 0.2) is 0 Å². The zero-order valence-electron chi connectivity index (χ0n) is 19.4. The number of thiol groups is 1. The van der Waals surface area contributed by atoms with Crippen molar-refractivity contribution in [3.8, 4) is 11.5 Å². The first-order valence-corrected chi connectivity index (χ1v) is 15.7. The van der Waals surface area contributed by atoms with Gasteiger partial charge in [0.05, 0.1) is 11.8 Å². The van der Waals surface area contributed by atoms with Gasteiger partial charge in [0.1, 0.15) is 11.5 Å². The van der Waals surface area contributed by atoms with Gasteiger partial charge in [-0.15, -0.1) is 11.8 Å². The zero-order chi connectivity index (χ0) is 24.2. The van der Waals surface area contributed by atoms with Crippen LogP contribution in [0.25, 0.3) is 0 Å². The average Bonchev–Trinajstić information content (AvgIpc) is 2.86. The molecule has 2 aromatic carbocycles. The summed E-state index contributed by atoms with van der Waals surface area (Å²) in [4.78, 5) is 26.4. The fraction of sp³-hybridized carbons (Fsp3) is 0.462. The lowest BCUT2D eigenvalue weighted by Gasteiger charge is -2.25. The molecular weight excluding hydrogens is 505 g/mol. The highest BCUT2D eigenvalue weighted by Crippen LogP contribution is 2.32. The average molecular weight is 537 g/mol. The Bertz CT molecular complexity index is 819. The molecule has 1 aliphatic carbocycles. The summed E-state index contributed by atoms with van der Waals surface area (Å²) in [6, 6.07) is 15.4. The molecule has 2 aromatic rings. The maximum Gasteiger partial charge on any atom is 0.314 e. The Hall–Kier alpha value is -1.22. The van der Waals surface area contributed by atoms with Crippen LogP contribution in [0.1, 0.15) is 31.2 Å². The van der Waals surface area contributed by atoms with Crippen molar-refractivity contribution >= 4 is 59.9 Å². The van der Waals surface area contributed by atoms with Crippen molar-refractivity contribution in [2.45, 2.75) is 36.3 Å². The predicted octanol–water partition coefficient (Wildman–Crippen LogP) is 6.62. The van der Waals surface area contributed by atoms with E-state index >= 15 is 0 Å². The number of ether oxygens (including phenoxy) is 2. The number of carbonyl (C=O) groups excluding carboxylic acids is 2. The lowest BCUT2D eigenvalue weighted by Crippen LogP contribution is -2.30. The summed E-state index contributed by atoms with van der Waals surface area (Å²) in [7, 11) is 0. The topological polar surface area (TPSA) is 52.6 Å². The molecule has 0 saturated heterocycles. The number of hydrogen-bond acceptors (Lipinski definition) is 8. The summed E-state index contributed by atoms with van der Waals surface area (Å²) in [6.45, 7) is 0. The number of hydrogen-bond donors (Lipinski definition) is 1. The first-order valence-electron chi connectivity index (χ1n) is 11.5. The van der Waals surface area contributed by atoms with Crippen molar-refractivity contribution in [3.05, 3.63) is 54.1 Å². The summed E-state index contributed by atoms with van der Waals surface area (Å²) in [6.07, 6.45) is 4.67. The first-order chi connectivity index (χ1) is 16.6. The molecule has 0 aromatic heterocycles. The van der Waals surface area contributed by atoms with E-state index in [9.17, 15) is 9.59 Å². The van der Waals surface area contributed by atoms with Gasteiger partial charge in [-0.3, -0.25) is 9.59 Å². The van der Waals surface area contributed by atoms with Gasteiger partial charge in [0.25, 0.3) is 0 Å². The molecule has 0 aliphatic heterocycles. The Kier molecular flexibility index (Phi) is 12.1. The van der Waals surface area contributed by atoms with Crippen LogP contribution >= 0.6 is 47.9 Å². The minimum atomic E-state index is -0.210. The van der Waals surface area contributed by atoms with Crippen molar-refractivity contribution in [3.63, 3.8) is 0 Å². The molecule has 3 rings (SSSR count). The number of rotatable bonds is 12. The highest BCUT2D eigenvalue weighted by molar-refractivity contribution is 8.02. The number of thioether (sulfide) groups is 3. The number of carbonyl (C=O) groups is 2. The summed E-state index contributed by atoms with van der Waals surface area (Å²) >= 11 is 9.68. The van der Waals surface area contributed by atoms with Crippen molar-refractivity contribution < 1.29 is 19.1 Å². The highest BCUT2D eigenvalue weighted by atomic mass is 32.2. The fourth-order valence-electron chi connectivity index (χ4n) is 3.72. The van der Waals surface area contributed by atoms with Crippen LogP contribution in [-0.4, -0.2) is 41.2 Å². The van der Waals surface area contributed by atoms with E-state index in [4.69, 9.17) is 9.47 Å². The lowest BCUT2D eigenvalue weighted by molar-refractivity contribution is -0.145. The second-order valence-electron chi connectivity index (χ2n) is 8.12. The van der Waals surface area contributed by atoms with Crippen LogP contribution in [0.3, 0.4) is 0 Å². The van der Waals surface area contributed by atoms with Crippen molar-refractivity contribution in [2.75, 3.05) is 29.3 Å². The molecule has 184 valence electrons. The van der Waals surface area contributed by atoms with E-state index in [1.165, 1.54) is 10.5 Å². The molecule has 0 atom stereocenters. The van der Waals surface area contributed by atoms with Crippen LogP contribution in [0, 0.1) is 11.8 Å². The van der Waals surface area contributed by atoms with Crippen molar-refractivity contribution in [1.29, 1.82) is 0 Å². The first kappa shape index (κ1) is 27.4. The fourth-order valence-corrected chi connectivity index (χ4v) is 6.37. The third kappa shape index (κ3) is 9.10. The van der Waals surface area contributed by atoms with Crippen LogP contribution in [0.4, 0.5) is 0 Å². The van der Waals surface area contributed by atoms with Crippen molar-refractivity contribution in [2.24, 2.45) is 11.8 Å². The molecule has 1 aliphatic rings. The Morgan fingerprint density at radius 1 is 0.824 bits per heavy atom. The van der Waals surface area contributed by atoms with Gasteiger partial charge in [0, 0.05) is 27.9 Å². The molecule has 0 radical (unpaired) electrons.